The zero-order chi connectivity index (χ0) is 20.6. The molecule has 0 aromatic carbocycles. The highest BCUT2D eigenvalue weighted by Gasteiger charge is 2.44. The Labute approximate surface area is 163 Å². The van der Waals surface area contributed by atoms with Gasteiger partial charge < -0.3 is 14.4 Å². The minimum Gasteiger partial charge on any atom is -0.444 e. The first-order valence-corrected chi connectivity index (χ1v) is 12.5. The van der Waals surface area contributed by atoms with Gasteiger partial charge in [-0.2, -0.15) is 0 Å². The summed E-state index contributed by atoms with van der Waals surface area (Å²) in [6.45, 7) is 14.1. The van der Waals surface area contributed by atoms with Crippen molar-refractivity contribution in [3.8, 4) is 0 Å². The molecule has 0 saturated carbocycles. The van der Waals surface area contributed by atoms with E-state index in [4.69, 9.17) is 4.74 Å². The molecule has 1 aromatic rings. The number of nitrogens with zero attached hydrogens (tertiary/aromatic N) is 2. The highest BCUT2D eigenvalue weighted by atomic mass is 28.4. The lowest BCUT2D eigenvalue weighted by Gasteiger charge is -2.37. The molecule has 1 N–H and O–H groups in total. The third kappa shape index (κ3) is 5.51. The molecule has 5 nitrogen and oxygen atoms in total. The number of likely N-dealkylation sites (tertiary alicyclic amines) is 1. The van der Waals surface area contributed by atoms with Gasteiger partial charge in [-0.1, -0.05) is 13.8 Å². The summed E-state index contributed by atoms with van der Waals surface area (Å²) >= 11 is 0. The fourth-order valence-electron chi connectivity index (χ4n) is 3.49. The molecule has 1 amide bonds. The number of hydrogen-bond acceptors (Lipinski definition) is 4. The van der Waals surface area contributed by atoms with Gasteiger partial charge >= 0.3 is 6.09 Å². The van der Waals surface area contributed by atoms with Crippen molar-refractivity contribution in [1.82, 2.24) is 9.88 Å². The van der Waals surface area contributed by atoms with Crippen molar-refractivity contribution < 1.29 is 18.7 Å². The van der Waals surface area contributed by atoms with Crippen molar-refractivity contribution in [2.45, 2.75) is 77.2 Å². The molecule has 152 valence electrons. The van der Waals surface area contributed by atoms with Crippen LogP contribution in [-0.4, -0.2) is 41.2 Å². The zero-order valence-electron chi connectivity index (χ0n) is 17.5. The fraction of sp³-hybridized carbons (Fsp3) is 0.700. The van der Waals surface area contributed by atoms with E-state index in [9.17, 15) is 14.0 Å². The van der Waals surface area contributed by atoms with E-state index in [-0.39, 0.29) is 17.0 Å². The largest absolute Gasteiger partial charge is 0.444 e. The quantitative estimate of drug-likeness (QED) is 0.736. The Kier molecular flexibility index (Phi) is 6.07. The SMILES string of the molecule is CC(C)(C)OC(=O)N1C[C@H](CC(C)(C)[Si](C)(C)O)C[C@@H]1c1cncc(F)c1. The van der Waals surface area contributed by atoms with Crippen LogP contribution >= 0.6 is 0 Å². The van der Waals surface area contributed by atoms with Crippen LogP contribution in [0.15, 0.2) is 18.5 Å². The van der Waals surface area contributed by atoms with Crippen molar-refractivity contribution in [2.75, 3.05) is 6.54 Å². The summed E-state index contributed by atoms with van der Waals surface area (Å²) < 4.78 is 19.3. The van der Waals surface area contributed by atoms with Gasteiger partial charge in [-0.15, -0.1) is 0 Å². The Morgan fingerprint density at radius 2 is 1.96 bits per heavy atom. The molecule has 1 aromatic heterocycles. The highest BCUT2D eigenvalue weighted by molar-refractivity contribution is 6.72. The van der Waals surface area contributed by atoms with Gasteiger partial charge in [-0.25, -0.2) is 9.18 Å². The molecule has 2 atom stereocenters. The Hall–Kier alpha value is -1.47. The molecular weight excluding hydrogens is 363 g/mol. The summed E-state index contributed by atoms with van der Waals surface area (Å²) in [7, 11) is -2.36. The van der Waals surface area contributed by atoms with Crippen LogP contribution in [0.3, 0.4) is 0 Å². The van der Waals surface area contributed by atoms with Crippen molar-refractivity contribution in [3.05, 3.63) is 29.8 Å². The minimum atomic E-state index is -2.36. The van der Waals surface area contributed by atoms with E-state index in [0.717, 1.165) is 12.6 Å². The normalized spacial score (nSPS) is 21.4. The van der Waals surface area contributed by atoms with E-state index in [2.05, 4.69) is 18.8 Å². The Balaban J connectivity index is 2.27. The Bertz CT molecular complexity index is 683. The third-order valence-corrected chi connectivity index (χ3v) is 9.10. The first-order chi connectivity index (χ1) is 12.2. The zero-order valence-corrected chi connectivity index (χ0v) is 18.5. The van der Waals surface area contributed by atoms with Gasteiger partial charge in [-0.3, -0.25) is 4.98 Å². The molecule has 7 heteroatoms. The van der Waals surface area contributed by atoms with Gasteiger partial charge in [0.15, 0.2) is 8.32 Å². The molecule has 1 aliphatic heterocycles. The molecule has 1 fully saturated rings. The highest BCUT2D eigenvalue weighted by Crippen LogP contribution is 2.47. The lowest BCUT2D eigenvalue weighted by atomic mass is 9.92. The molecule has 0 radical (unpaired) electrons. The molecule has 1 aliphatic rings. The molecule has 1 saturated heterocycles. The van der Waals surface area contributed by atoms with E-state index in [1.54, 1.807) is 11.1 Å². The van der Waals surface area contributed by atoms with E-state index < -0.39 is 25.8 Å². The lowest BCUT2D eigenvalue weighted by molar-refractivity contribution is 0.0218. The van der Waals surface area contributed by atoms with Gasteiger partial charge in [0.1, 0.15) is 11.4 Å². The topological polar surface area (TPSA) is 62.7 Å². The van der Waals surface area contributed by atoms with Crippen LogP contribution in [0, 0.1) is 11.7 Å². The average molecular weight is 397 g/mol. The van der Waals surface area contributed by atoms with Crippen molar-refractivity contribution in [2.24, 2.45) is 5.92 Å². The number of rotatable bonds is 4. The van der Waals surface area contributed by atoms with Crippen molar-refractivity contribution in [3.63, 3.8) is 0 Å². The van der Waals surface area contributed by atoms with Crippen molar-refractivity contribution >= 4 is 14.4 Å². The molecule has 0 unspecified atom stereocenters. The predicted octanol–water partition coefficient (Wildman–Crippen LogP) is 4.89. The molecule has 0 aliphatic carbocycles. The number of hydrogen-bond donors (Lipinski definition) is 1. The molecule has 2 rings (SSSR count). The summed E-state index contributed by atoms with van der Waals surface area (Å²) in [5, 5.41) is -0.188. The maximum Gasteiger partial charge on any atom is 0.410 e. The number of carbonyl (C=O) groups excluding carboxylic acids is 1. The van der Waals surface area contributed by atoms with E-state index >= 15 is 0 Å². The second kappa shape index (κ2) is 7.51. The Morgan fingerprint density at radius 1 is 1.33 bits per heavy atom. The fourth-order valence-corrected chi connectivity index (χ4v) is 4.28. The van der Waals surface area contributed by atoms with Gasteiger partial charge in [-0.05, 0) is 69.3 Å². The van der Waals surface area contributed by atoms with Gasteiger partial charge in [0.05, 0.1) is 12.2 Å². The van der Waals surface area contributed by atoms with Gasteiger partial charge in [0.25, 0.3) is 0 Å². The van der Waals surface area contributed by atoms with Crippen LogP contribution in [0.2, 0.25) is 18.1 Å². The van der Waals surface area contributed by atoms with E-state index in [0.29, 0.717) is 18.5 Å². The third-order valence-electron chi connectivity index (χ3n) is 5.58. The number of ether oxygens (including phenoxy) is 1. The van der Waals surface area contributed by atoms with Gasteiger partial charge in [0.2, 0.25) is 0 Å². The summed E-state index contributed by atoms with van der Waals surface area (Å²) in [6.07, 6.45) is 3.90. The first kappa shape index (κ1) is 21.8. The van der Waals surface area contributed by atoms with E-state index in [1.165, 1.54) is 6.07 Å². The summed E-state index contributed by atoms with van der Waals surface area (Å²) in [5.41, 5.74) is 0.0841. The van der Waals surface area contributed by atoms with Crippen LogP contribution in [-0.2, 0) is 4.74 Å². The number of halogens is 1. The molecule has 0 spiro atoms. The van der Waals surface area contributed by atoms with Crippen LogP contribution in [0.4, 0.5) is 9.18 Å². The molecule has 0 bridgehead atoms. The summed E-state index contributed by atoms with van der Waals surface area (Å²) in [5.74, 6) is -0.205. The molecular formula is C20H33FN2O3Si. The number of carbonyl (C=O) groups is 1. The smallest absolute Gasteiger partial charge is 0.410 e. The maximum atomic E-state index is 13.7. The molecule has 2 heterocycles. The van der Waals surface area contributed by atoms with Crippen LogP contribution < -0.4 is 0 Å². The van der Waals surface area contributed by atoms with E-state index in [1.807, 2.05) is 33.9 Å². The maximum absolute atomic E-state index is 13.7. The number of aromatic nitrogens is 1. The van der Waals surface area contributed by atoms with Crippen molar-refractivity contribution in [1.29, 1.82) is 0 Å². The van der Waals surface area contributed by atoms with Gasteiger partial charge in [0, 0.05) is 12.7 Å². The minimum absolute atomic E-state index is 0.188. The summed E-state index contributed by atoms with van der Waals surface area (Å²) in [6, 6.07) is 1.17. The predicted molar refractivity (Wildman–Crippen MR) is 106 cm³/mol. The second-order valence-electron chi connectivity index (χ2n) is 9.83. The Morgan fingerprint density at radius 3 is 2.48 bits per heavy atom. The van der Waals surface area contributed by atoms with Crippen LogP contribution in [0.1, 0.15) is 59.1 Å². The monoisotopic (exact) mass is 396 g/mol. The lowest BCUT2D eigenvalue weighted by Crippen LogP contribution is -2.41. The van der Waals surface area contributed by atoms with Crippen LogP contribution in [0.5, 0.6) is 0 Å². The average Bonchev–Trinajstić information content (AvgIpc) is 2.87. The molecule has 27 heavy (non-hydrogen) atoms. The number of pyridine rings is 1. The second-order valence-corrected chi connectivity index (χ2v) is 14.3. The summed E-state index contributed by atoms with van der Waals surface area (Å²) in [4.78, 5) is 29.1. The first-order valence-electron chi connectivity index (χ1n) is 9.52. The number of amides is 1. The standard InChI is InChI=1S/C20H33FN2O3Si/c1-19(2,3)26-18(24)23-13-14(10-20(4,5)27(6,7)25)8-17(23)15-9-16(21)12-22-11-15/h9,11-12,14,17,25H,8,10,13H2,1-7H3/t14-,17+/m0/s1. The van der Waals surface area contributed by atoms with Crippen LogP contribution in [0.25, 0.3) is 0 Å².